The molecule has 82 valence electrons. The van der Waals surface area contributed by atoms with Gasteiger partial charge in [0, 0.05) is 5.54 Å². The van der Waals surface area contributed by atoms with E-state index in [0.717, 1.165) is 12.8 Å². The molecule has 3 aliphatic rings. The highest BCUT2D eigenvalue weighted by atomic mass is 35.5. The van der Waals surface area contributed by atoms with Gasteiger partial charge in [0.15, 0.2) is 5.79 Å². The predicted octanol–water partition coefficient (Wildman–Crippen LogP) is 1.44. The molecule has 0 aromatic carbocycles. The van der Waals surface area contributed by atoms with E-state index in [9.17, 15) is 0 Å². The lowest BCUT2D eigenvalue weighted by Gasteiger charge is -2.30. The molecule has 1 heterocycles. The highest BCUT2D eigenvalue weighted by molar-refractivity contribution is 5.85. The number of rotatable bonds is 0. The fourth-order valence-corrected chi connectivity index (χ4v) is 3.26. The van der Waals surface area contributed by atoms with Crippen LogP contribution in [0.15, 0.2) is 0 Å². The van der Waals surface area contributed by atoms with Gasteiger partial charge in [-0.2, -0.15) is 0 Å². The van der Waals surface area contributed by atoms with Gasteiger partial charge in [0.25, 0.3) is 0 Å². The van der Waals surface area contributed by atoms with Gasteiger partial charge < -0.3 is 15.2 Å². The van der Waals surface area contributed by atoms with Gasteiger partial charge in [0.05, 0.1) is 6.10 Å². The average molecular weight is 220 g/mol. The molecule has 1 saturated heterocycles. The van der Waals surface area contributed by atoms with Crippen molar-refractivity contribution in [1.82, 2.24) is 0 Å². The largest absolute Gasteiger partial charge is 0.344 e. The molecule has 4 heteroatoms. The number of hydrogen-bond acceptors (Lipinski definition) is 3. The molecule has 0 aromatic heterocycles. The first-order valence-electron chi connectivity index (χ1n) is 5.15. The van der Waals surface area contributed by atoms with Crippen molar-refractivity contribution in [2.45, 2.75) is 56.6 Å². The molecule has 14 heavy (non-hydrogen) atoms. The second-order valence-electron chi connectivity index (χ2n) is 5.26. The minimum atomic E-state index is -0.414. The van der Waals surface area contributed by atoms with Gasteiger partial charge in [-0.3, -0.25) is 0 Å². The molecule has 3 rings (SSSR count). The Labute approximate surface area is 90.7 Å². The Hall–Kier alpha value is 0.170. The van der Waals surface area contributed by atoms with Crippen LogP contribution in [0.3, 0.4) is 0 Å². The van der Waals surface area contributed by atoms with Gasteiger partial charge in [0.1, 0.15) is 6.10 Å². The lowest BCUT2D eigenvalue weighted by molar-refractivity contribution is -0.158. The third kappa shape index (κ3) is 1.23. The lowest BCUT2D eigenvalue weighted by atomic mass is 9.90. The van der Waals surface area contributed by atoms with Crippen LogP contribution in [0.5, 0.6) is 0 Å². The Kier molecular flexibility index (Phi) is 2.17. The van der Waals surface area contributed by atoms with Gasteiger partial charge in [0.2, 0.25) is 0 Å². The molecule has 0 spiro atoms. The monoisotopic (exact) mass is 219 g/mol. The van der Waals surface area contributed by atoms with E-state index < -0.39 is 5.79 Å². The van der Waals surface area contributed by atoms with Crippen molar-refractivity contribution in [2.75, 3.05) is 0 Å². The van der Waals surface area contributed by atoms with Crippen molar-refractivity contribution in [1.29, 1.82) is 0 Å². The molecule has 0 radical (unpaired) electrons. The van der Waals surface area contributed by atoms with Gasteiger partial charge >= 0.3 is 0 Å². The van der Waals surface area contributed by atoms with E-state index >= 15 is 0 Å². The zero-order chi connectivity index (χ0) is 9.27. The fraction of sp³-hybridized carbons (Fsp3) is 1.00. The summed E-state index contributed by atoms with van der Waals surface area (Å²) in [6, 6.07) is 0. The summed E-state index contributed by atoms with van der Waals surface area (Å²) in [4.78, 5) is 0. The highest BCUT2D eigenvalue weighted by Crippen LogP contribution is 2.53. The van der Waals surface area contributed by atoms with E-state index in [2.05, 4.69) is 0 Å². The lowest BCUT2D eigenvalue weighted by Crippen LogP contribution is -2.50. The SMILES string of the molecule is CC1(C)O[C@@H]2[C@H]3CC[C@](N)(C3)[C@@H]2O1.Cl. The first-order chi connectivity index (χ1) is 6.00. The van der Waals surface area contributed by atoms with E-state index in [1.54, 1.807) is 0 Å². The Balaban J connectivity index is 0.000000750. The van der Waals surface area contributed by atoms with Crippen LogP contribution in [0.2, 0.25) is 0 Å². The number of fused-ring (bicyclic) bond motifs is 5. The second kappa shape index (κ2) is 2.85. The van der Waals surface area contributed by atoms with Crippen molar-refractivity contribution < 1.29 is 9.47 Å². The van der Waals surface area contributed by atoms with Gasteiger partial charge in [-0.25, -0.2) is 0 Å². The maximum Gasteiger partial charge on any atom is 0.163 e. The van der Waals surface area contributed by atoms with Crippen molar-refractivity contribution in [2.24, 2.45) is 11.7 Å². The molecule has 4 atom stereocenters. The molecule has 2 saturated carbocycles. The van der Waals surface area contributed by atoms with Crippen LogP contribution < -0.4 is 5.73 Å². The summed E-state index contributed by atoms with van der Waals surface area (Å²) < 4.78 is 11.7. The maximum absolute atomic E-state index is 6.30. The summed E-state index contributed by atoms with van der Waals surface area (Å²) in [7, 11) is 0. The summed E-state index contributed by atoms with van der Waals surface area (Å²) in [5.74, 6) is 0.236. The van der Waals surface area contributed by atoms with E-state index in [1.807, 2.05) is 13.8 Å². The highest BCUT2D eigenvalue weighted by Gasteiger charge is 2.62. The molecule has 2 aliphatic carbocycles. The number of ether oxygens (including phenoxy) is 2. The summed E-state index contributed by atoms with van der Waals surface area (Å²) in [5.41, 5.74) is 6.22. The molecule has 0 unspecified atom stereocenters. The first kappa shape index (κ1) is 10.7. The van der Waals surface area contributed by atoms with E-state index in [-0.39, 0.29) is 30.2 Å². The third-order valence-electron chi connectivity index (χ3n) is 3.78. The average Bonchev–Trinajstić information content (AvgIpc) is 2.56. The molecular weight excluding hydrogens is 202 g/mol. The minimum Gasteiger partial charge on any atom is -0.344 e. The maximum atomic E-state index is 6.30. The van der Waals surface area contributed by atoms with Crippen LogP contribution in [-0.2, 0) is 9.47 Å². The molecule has 2 bridgehead atoms. The summed E-state index contributed by atoms with van der Waals surface area (Å²) in [5, 5.41) is 0. The van der Waals surface area contributed by atoms with Crippen molar-refractivity contribution in [3.8, 4) is 0 Å². The van der Waals surface area contributed by atoms with Crippen LogP contribution >= 0.6 is 12.4 Å². The van der Waals surface area contributed by atoms with Crippen LogP contribution in [-0.4, -0.2) is 23.5 Å². The van der Waals surface area contributed by atoms with Crippen molar-refractivity contribution in [3.63, 3.8) is 0 Å². The fourth-order valence-electron chi connectivity index (χ4n) is 3.26. The van der Waals surface area contributed by atoms with Crippen molar-refractivity contribution in [3.05, 3.63) is 0 Å². The zero-order valence-corrected chi connectivity index (χ0v) is 9.47. The molecule has 2 N–H and O–H groups in total. The molecule has 0 aromatic rings. The number of hydrogen-bond donors (Lipinski definition) is 1. The van der Waals surface area contributed by atoms with Gasteiger partial charge in [-0.15, -0.1) is 12.4 Å². The Bertz CT molecular complexity index is 259. The number of halogens is 1. The Morgan fingerprint density at radius 2 is 2.00 bits per heavy atom. The molecule has 0 amide bonds. The quantitative estimate of drug-likeness (QED) is 0.671. The van der Waals surface area contributed by atoms with E-state index in [4.69, 9.17) is 15.2 Å². The second-order valence-corrected chi connectivity index (χ2v) is 5.26. The standard InChI is InChI=1S/C10H17NO2.ClH/c1-9(2)12-7-6-3-4-10(11,5-6)8(7)13-9;/h6-8H,3-5,11H2,1-2H3;1H/t6-,7+,8+,10-;/m0./s1. The summed E-state index contributed by atoms with van der Waals surface area (Å²) in [6.45, 7) is 3.96. The predicted molar refractivity (Wildman–Crippen MR) is 55.3 cm³/mol. The van der Waals surface area contributed by atoms with Crippen LogP contribution in [0, 0.1) is 5.92 Å². The van der Waals surface area contributed by atoms with Crippen LogP contribution in [0.4, 0.5) is 0 Å². The molecular formula is C10H18ClNO2. The third-order valence-corrected chi connectivity index (χ3v) is 3.78. The normalized spacial score (nSPS) is 52.9. The number of nitrogens with two attached hydrogens (primary N) is 1. The first-order valence-corrected chi connectivity index (χ1v) is 5.15. The van der Waals surface area contributed by atoms with Crippen molar-refractivity contribution >= 4 is 12.4 Å². The van der Waals surface area contributed by atoms with Crippen LogP contribution in [0.25, 0.3) is 0 Å². The topological polar surface area (TPSA) is 44.5 Å². The zero-order valence-electron chi connectivity index (χ0n) is 8.66. The summed E-state index contributed by atoms with van der Waals surface area (Å²) in [6.07, 6.45) is 3.85. The Morgan fingerprint density at radius 1 is 1.29 bits per heavy atom. The molecule has 3 nitrogen and oxygen atoms in total. The van der Waals surface area contributed by atoms with E-state index in [0.29, 0.717) is 5.92 Å². The van der Waals surface area contributed by atoms with Gasteiger partial charge in [-0.05, 0) is 39.0 Å². The smallest absolute Gasteiger partial charge is 0.163 e. The van der Waals surface area contributed by atoms with E-state index in [1.165, 1.54) is 6.42 Å². The summed E-state index contributed by atoms with van der Waals surface area (Å²) >= 11 is 0. The van der Waals surface area contributed by atoms with Crippen LogP contribution in [0.1, 0.15) is 33.1 Å². The Morgan fingerprint density at radius 3 is 2.64 bits per heavy atom. The molecule has 1 aliphatic heterocycles. The minimum absolute atomic E-state index is 0. The molecule has 3 fully saturated rings. The van der Waals surface area contributed by atoms with Gasteiger partial charge in [-0.1, -0.05) is 0 Å².